The highest BCUT2D eigenvalue weighted by atomic mass is 16.4. The van der Waals surface area contributed by atoms with E-state index in [1.54, 1.807) is 6.92 Å². The summed E-state index contributed by atoms with van der Waals surface area (Å²) >= 11 is 0. The van der Waals surface area contributed by atoms with Gasteiger partial charge >= 0.3 is 5.97 Å². The Morgan fingerprint density at radius 1 is 0.968 bits per heavy atom. The molecule has 0 radical (unpaired) electrons. The Morgan fingerprint density at radius 2 is 1.61 bits per heavy atom. The Hall–Kier alpha value is -3.68. The number of aliphatic carboxylic acids is 1. The van der Waals surface area contributed by atoms with Crippen LogP contribution in [0, 0.1) is 5.92 Å². The Balaban J connectivity index is 2.09. The normalized spacial score (nSPS) is 13.5. The minimum Gasteiger partial charge on any atom is -0.507 e. The number of rotatable bonds is 6. The van der Waals surface area contributed by atoms with Gasteiger partial charge in [0.15, 0.2) is 5.78 Å². The molecule has 8 heteroatoms. The number of aromatic hydroxyl groups is 2. The highest BCUT2D eigenvalue weighted by molar-refractivity contribution is 6.30. The standard InChI is InChI=1S/C23H23NO7/c1-4-24(15(23(30)31)8-11(2)3)22(29)12-9-14-19(17(26)10-12)21(28)18-13(20(14)27)6-5-7-16(18)25/h5-7,9-11,15,25-26H,4,8H2,1-3H3,(H,30,31). The van der Waals surface area contributed by atoms with Gasteiger partial charge in [-0.25, -0.2) is 4.79 Å². The quantitative estimate of drug-likeness (QED) is 0.553. The van der Waals surface area contributed by atoms with E-state index in [-0.39, 0.29) is 52.5 Å². The molecule has 1 aliphatic rings. The second-order valence-corrected chi connectivity index (χ2v) is 7.85. The number of likely N-dealkylation sites (N-methyl/N-ethyl adjacent to an activating group) is 1. The van der Waals surface area contributed by atoms with Gasteiger partial charge in [0.05, 0.1) is 11.1 Å². The van der Waals surface area contributed by atoms with E-state index in [1.807, 2.05) is 13.8 Å². The molecule has 1 atom stereocenters. The van der Waals surface area contributed by atoms with Crippen LogP contribution in [0.25, 0.3) is 0 Å². The number of carboxylic acids is 1. The zero-order valence-electron chi connectivity index (χ0n) is 17.4. The second kappa shape index (κ2) is 8.22. The molecule has 0 aliphatic heterocycles. The van der Waals surface area contributed by atoms with Crippen molar-refractivity contribution in [2.24, 2.45) is 5.92 Å². The molecule has 8 nitrogen and oxygen atoms in total. The van der Waals surface area contributed by atoms with E-state index in [0.717, 1.165) is 6.07 Å². The third-order valence-corrected chi connectivity index (χ3v) is 5.31. The fourth-order valence-corrected chi connectivity index (χ4v) is 3.89. The van der Waals surface area contributed by atoms with E-state index in [2.05, 4.69) is 0 Å². The molecule has 1 aliphatic carbocycles. The SMILES string of the molecule is CCN(C(=O)c1cc(O)c2c(c1)C(=O)c1cccc(O)c1C2=O)C(CC(C)C)C(=O)O. The molecule has 1 amide bonds. The molecule has 0 saturated heterocycles. The Kier molecular flexibility index (Phi) is 5.83. The lowest BCUT2D eigenvalue weighted by molar-refractivity contribution is -0.142. The van der Waals surface area contributed by atoms with Crippen molar-refractivity contribution in [2.75, 3.05) is 6.54 Å². The van der Waals surface area contributed by atoms with Gasteiger partial charge in [-0.15, -0.1) is 0 Å². The van der Waals surface area contributed by atoms with Gasteiger partial charge in [-0.2, -0.15) is 0 Å². The van der Waals surface area contributed by atoms with E-state index < -0.39 is 35.2 Å². The molecule has 0 bridgehead atoms. The maximum atomic E-state index is 13.1. The number of benzene rings is 2. The highest BCUT2D eigenvalue weighted by Crippen LogP contribution is 2.37. The molecular formula is C23H23NO7. The Bertz CT molecular complexity index is 1100. The van der Waals surface area contributed by atoms with Crippen LogP contribution >= 0.6 is 0 Å². The number of hydrogen-bond acceptors (Lipinski definition) is 6. The van der Waals surface area contributed by atoms with E-state index in [9.17, 15) is 34.5 Å². The van der Waals surface area contributed by atoms with Crippen molar-refractivity contribution in [2.45, 2.75) is 33.2 Å². The predicted molar refractivity (Wildman–Crippen MR) is 111 cm³/mol. The predicted octanol–water partition coefficient (Wildman–Crippen LogP) is 2.83. The summed E-state index contributed by atoms with van der Waals surface area (Å²) in [4.78, 5) is 51.9. The van der Waals surface area contributed by atoms with Crippen LogP contribution in [0.15, 0.2) is 30.3 Å². The van der Waals surface area contributed by atoms with Crippen molar-refractivity contribution in [3.05, 3.63) is 58.1 Å². The third kappa shape index (κ3) is 3.76. The van der Waals surface area contributed by atoms with Gasteiger partial charge in [-0.1, -0.05) is 26.0 Å². The average molecular weight is 425 g/mol. The van der Waals surface area contributed by atoms with E-state index >= 15 is 0 Å². The van der Waals surface area contributed by atoms with Crippen molar-refractivity contribution in [3.8, 4) is 11.5 Å². The van der Waals surface area contributed by atoms with Crippen molar-refractivity contribution in [1.82, 2.24) is 4.90 Å². The number of phenolic OH excluding ortho intramolecular Hbond substituents is 2. The average Bonchev–Trinajstić information content (AvgIpc) is 2.70. The van der Waals surface area contributed by atoms with Crippen molar-refractivity contribution in [1.29, 1.82) is 0 Å². The summed E-state index contributed by atoms with van der Waals surface area (Å²) in [7, 11) is 0. The maximum Gasteiger partial charge on any atom is 0.326 e. The number of fused-ring (bicyclic) bond motifs is 2. The summed E-state index contributed by atoms with van der Waals surface area (Å²) in [6.07, 6.45) is 0.232. The van der Waals surface area contributed by atoms with Crippen LogP contribution in [0.4, 0.5) is 0 Å². The fourth-order valence-electron chi connectivity index (χ4n) is 3.89. The molecule has 0 spiro atoms. The molecule has 0 aromatic heterocycles. The van der Waals surface area contributed by atoms with Crippen LogP contribution < -0.4 is 0 Å². The van der Waals surface area contributed by atoms with Gasteiger partial charge < -0.3 is 20.2 Å². The van der Waals surface area contributed by atoms with Crippen molar-refractivity contribution >= 4 is 23.4 Å². The molecule has 162 valence electrons. The number of nitrogens with zero attached hydrogens (tertiary/aromatic N) is 1. The molecule has 3 rings (SSSR count). The lowest BCUT2D eigenvalue weighted by Gasteiger charge is -2.29. The summed E-state index contributed by atoms with van der Waals surface area (Å²) in [6.45, 7) is 5.43. The summed E-state index contributed by atoms with van der Waals surface area (Å²) in [5.41, 5.74) is -0.795. The molecule has 2 aromatic rings. The van der Waals surface area contributed by atoms with Crippen LogP contribution in [-0.4, -0.2) is 56.2 Å². The monoisotopic (exact) mass is 425 g/mol. The number of phenols is 2. The van der Waals surface area contributed by atoms with Gasteiger partial charge in [0.1, 0.15) is 17.5 Å². The van der Waals surface area contributed by atoms with Gasteiger partial charge in [-0.3, -0.25) is 14.4 Å². The summed E-state index contributed by atoms with van der Waals surface area (Å²) in [5, 5.41) is 30.1. The van der Waals surface area contributed by atoms with Crippen molar-refractivity contribution < 1.29 is 34.5 Å². The van der Waals surface area contributed by atoms with E-state index in [0.29, 0.717) is 0 Å². The molecule has 3 N–H and O–H groups in total. The molecule has 0 saturated carbocycles. The molecule has 2 aromatic carbocycles. The summed E-state index contributed by atoms with van der Waals surface area (Å²) < 4.78 is 0. The zero-order chi connectivity index (χ0) is 23.0. The first-order chi connectivity index (χ1) is 14.6. The van der Waals surface area contributed by atoms with Gasteiger partial charge in [-0.05, 0) is 37.5 Å². The van der Waals surface area contributed by atoms with E-state index in [1.165, 1.54) is 29.2 Å². The first kappa shape index (κ1) is 22.0. The smallest absolute Gasteiger partial charge is 0.326 e. The first-order valence-electron chi connectivity index (χ1n) is 9.90. The maximum absolute atomic E-state index is 13.1. The molecular weight excluding hydrogens is 402 g/mol. The van der Waals surface area contributed by atoms with Crippen LogP contribution in [0.5, 0.6) is 11.5 Å². The van der Waals surface area contributed by atoms with Crippen LogP contribution in [0.3, 0.4) is 0 Å². The first-order valence-corrected chi connectivity index (χ1v) is 9.90. The second-order valence-electron chi connectivity index (χ2n) is 7.85. The third-order valence-electron chi connectivity index (χ3n) is 5.31. The minimum absolute atomic E-state index is 0.0169. The highest BCUT2D eigenvalue weighted by Gasteiger charge is 2.36. The number of carbonyl (C=O) groups excluding carboxylic acids is 3. The lowest BCUT2D eigenvalue weighted by Crippen LogP contribution is -2.45. The zero-order valence-corrected chi connectivity index (χ0v) is 17.4. The number of carbonyl (C=O) groups is 4. The number of amides is 1. The lowest BCUT2D eigenvalue weighted by atomic mass is 9.82. The topological polar surface area (TPSA) is 132 Å². The molecule has 0 fully saturated rings. The minimum atomic E-state index is -1.15. The van der Waals surface area contributed by atoms with Gasteiger partial charge in [0.25, 0.3) is 5.91 Å². The number of hydrogen-bond donors (Lipinski definition) is 3. The Morgan fingerprint density at radius 3 is 2.19 bits per heavy atom. The molecule has 31 heavy (non-hydrogen) atoms. The molecule has 0 heterocycles. The van der Waals surface area contributed by atoms with Crippen LogP contribution in [0.1, 0.15) is 69.4 Å². The summed E-state index contributed by atoms with van der Waals surface area (Å²) in [6, 6.07) is 5.23. The fraction of sp³-hybridized carbons (Fsp3) is 0.304. The Labute approximate surface area is 178 Å². The summed E-state index contributed by atoms with van der Waals surface area (Å²) in [5.74, 6) is -4.11. The number of carboxylic acid groups (broad SMARTS) is 1. The van der Waals surface area contributed by atoms with E-state index in [4.69, 9.17) is 0 Å². The van der Waals surface area contributed by atoms with Gasteiger partial charge in [0.2, 0.25) is 5.78 Å². The van der Waals surface area contributed by atoms with Gasteiger partial charge in [0, 0.05) is 23.2 Å². The van der Waals surface area contributed by atoms with Crippen LogP contribution in [-0.2, 0) is 4.79 Å². The van der Waals surface area contributed by atoms with Crippen molar-refractivity contribution in [3.63, 3.8) is 0 Å². The largest absolute Gasteiger partial charge is 0.507 e. The van der Waals surface area contributed by atoms with Crippen LogP contribution in [0.2, 0.25) is 0 Å². The number of ketones is 2. The molecule has 1 unspecified atom stereocenters.